The highest BCUT2D eigenvalue weighted by Crippen LogP contribution is 2.20. The lowest BCUT2D eigenvalue weighted by molar-refractivity contribution is 0.0610. The summed E-state index contributed by atoms with van der Waals surface area (Å²) in [5.74, 6) is -0.0777. The molecule has 0 unspecified atom stereocenters. The Morgan fingerprint density at radius 2 is 2.05 bits per heavy atom. The van der Waals surface area contributed by atoms with Crippen molar-refractivity contribution in [3.05, 3.63) is 11.9 Å². The van der Waals surface area contributed by atoms with E-state index in [2.05, 4.69) is 23.8 Å². The molecule has 0 bridgehead atoms. The first-order chi connectivity index (χ1) is 9.40. The third-order valence-electron chi connectivity index (χ3n) is 4.16. The molecule has 6 heteroatoms. The van der Waals surface area contributed by atoms with E-state index in [1.807, 2.05) is 7.05 Å². The van der Waals surface area contributed by atoms with Crippen LogP contribution in [0.5, 0.6) is 0 Å². The summed E-state index contributed by atoms with van der Waals surface area (Å²) in [6.07, 6.45) is 3.68. The molecule has 1 saturated heterocycles. The lowest BCUT2D eigenvalue weighted by Gasteiger charge is -2.38. The van der Waals surface area contributed by atoms with E-state index in [9.17, 15) is 4.79 Å². The van der Waals surface area contributed by atoms with Crippen molar-refractivity contribution in [2.75, 3.05) is 25.9 Å². The van der Waals surface area contributed by atoms with Crippen molar-refractivity contribution in [1.82, 2.24) is 19.6 Å². The van der Waals surface area contributed by atoms with Crippen LogP contribution in [-0.2, 0) is 7.05 Å². The second-order valence-corrected chi connectivity index (χ2v) is 5.88. The number of carbonyl (C=O) groups is 1. The molecule has 112 valence electrons. The van der Waals surface area contributed by atoms with E-state index in [0.29, 0.717) is 17.4 Å². The van der Waals surface area contributed by atoms with Crippen molar-refractivity contribution >= 4 is 11.6 Å². The topological polar surface area (TPSA) is 67.4 Å². The minimum atomic E-state index is -0.0777. The fourth-order valence-corrected chi connectivity index (χ4v) is 2.80. The van der Waals surface area contributed by atoms with E-state index in [1.54, 1.807) is 22.8 Å². The van der Waals surface area contributed by atoms with Crippen LogP contribution in [0.4, 0.5) is 5.69 Å². The fraction of sp³-hybridized carbons (Fsp3) is 0.714. The zero-order valence-corrected chi connectivity index (χ0v) is 12.8. The van der Waals surface area contributed by atoms with Crippen LogP contribution >= 0.6 is 0 Å². The van der Waals surface area contributed by atoms with Crippen molar-refractivity contribution in [3.63, 3.8) is 0 Å². The van der Waals surface area contributed by atoms with Gasteiger partial charge in [-0.15, -0.1) is 0 Å². The van der Waals surface area contributed by atoms with Gasteiger partial charge in [0.15, 0.2) is 5.69 Å². The summed E-state index contributed by atoms with van der Waals surface area (Å²) in [4.78, 5) is 16.7. The number of aryl methyl sites for hydroxylation is 1. The molecular weight excluding hydrogens is 254 g/mol. The van der Waals surface area contributed by atoms with Gasteiger partial charge in [0.1, 0.15) is 0 Å². The summed E-state index contributed by atoms with van der Waals surface area (Å²) in [6, 6.07) is 0.849. The van der Waals surface area contributed by atoms with E-state index >= 15 is 0 Å². The number of hydrogen-bond acceptors (Lipinski definition) is 4. The number of nitrogens with two attached hydrogens (primary N) is 1. The predicted octanol–water partition coefficient (Wildman–Crippen LogP) is 0.947. The Hall–Kier alpha value is -1.56. The first-order valence-electron chi connectivity index (χ1n) is 7.20. The third-order valence-corrected chi connectivity index (χ3v) is 4.16. The van der Waals surface area contributed by atoms with Crippen LogP contribution in [0.15, 0.2) is 6.20 Å². The molecular formula is C14H25N5O. The zero-order valence-electron chi connectivity index (χ0n) is 12.8. The van der Waals surface area contributed by atoms with E-state index in [1.165, 1.54) is 0 Å². The second kappa shape index (κ2) is 5.83. The second-order valence-electron chi connectivity index (χ2n) is 5.88. The summed E-state index contributed by atoms with van der Waals surface area (Å²) in [5, 5.41) is 4.16. The quantitative estimate of drug-likeness (QED) is 0.894. The average molecular weight is 279 g/mol. The Labute approximate surface area is 120 Å². The lowest BCUT2D eigenvalue weighted by atomic mass is 10.0. The first-order valence-corrected chi connectivity index (χ1v) is 7.20. The van der Waals surface area contributed by atoms with Crippen molar-refractivity contribution in [2.45, 2.75) is 38.8 Å². The van der Waals surface area contributed by atoms with Crippen LogP contribution in [0.2, 0.25) is 0 Å². The van der Waals surface area contributed by atoms with Crippen LogP contribution in [0.3, 0.4) is 0 Å². The van der Waals surface area contributed by atoms with Gasteiger partial charge in [-0.25, -0.2) is 0 Å². The number of likely N-dealkylation sites (tertiary alicyclic amines) is 1. The van der Waals surface area contributed by atoms with E-state index in [4.69, 9.17) is 5.73 Å². The molecule has 1 fully saturated rings. The average Bonchev–Trinajstić information content (AvgIpc) is 2.76. The largest absolute Gasteiger partial charge is 0.396 e. The van der Waals surface area contributed by atoms with Gasteiger partial charge in [-0.1, -0.05) is 0 Å². The number of aromatic nitrogens is 2. The van der Waals surface area contributed by atoms with Gasteiger partial charge in [-0.3, -0.25) is 9.48 Å². The molecule has 1 amide bonds. The molecule has 1 aliphatic rings. The number of piperidine rings is 1. The molecule has 0 atom stereocenters. The number of nitrogens with zero attached hydrogens (tertiary/aromatic N) is 4. The van der Waals surface area contributed by atoms with E-state index < -0.39 is 0 Å². The van der Waals surface area contributed by atoms with Gasteiger partial charge in [0.25, 0.3) is 5.91 Å². The minimum Gasteiger partial charge on any atom is -0.396 e. The molecule has 6 nitrogen and oxygen atoms in total. The van der Waals surface area contributed by atoms with Crippen molar-refractivity contribution in [3.8, 4) is 0 Å². The van der Waals surface area contributed by atoms with Gasteiger partial charge in [0, 0.05) is 45.5 Å². The molecule has 1 aromatic rings. The fourth-order valence-electron chi connectivity index (χ4n) is 2.80. The Morgan fingerprint density at radius 3 is 2.50 bits per heavy atom. The van der Waals surface area contributed by atoms with Gasteiger partial charge < -0.3 is 15.5 Å². The summed E-state index contributed by atoms with van der Waals surface area (Å²) in [7, 11) is 3.63. The SMILES string of the molecule is CC(C)N1CCC(N(C)C(=O)c2nn(C)cc2N)CC1. The number of nitrogen functional groups attached to an aromatic ring is 1. The Balaban J connectivity index is 2.00. The van der Waals surface area contributed by atoms with E-state index in [-0.39, 0.29) is 11.9 Å². The Kier molecular flexibility index (Phi) is 4.32. The Morgan fingerprint density at radius 1 is 1.45 bits per heavy atom. The van der Waals surface area contributed by atoms with Gasteiger partial charge in [-0.2, -0.15) is 5.10 Å². The third kappa shape index (κ3) is 2.95. The molecule has 1 aliphatic heterocycles. The molecule has 0 aromatic carbocycles. The molecule has 0 saturated carbocycles. The van der Waals surface area contributed by atoms with Gasteiger partial charge in [0.2, 0.25) is 0 Å². The Bertz CT molecular complexity index is 474. The lowest BCUT2D eigenvalue weighted by Crippen LogP contribution is -2.47. The molecule has 2 rings (SSSR count). The number of rotatable bonds is 3. The van der Waals surface area contributed by atoms with Crippen molar-refractivity contribution in [2.24, 2.45) is 7.05 Å². The first kappa shape index (κ1) is 14.8. The van der Waals surface area contributed by atoms with Crippen LogP contribution < -0.4 is 5.73 Å². The van der Waals surface area contributed by atoms with Gasteiger partial charge in [-0.05, 0) is 26.7 Å². The number of amides is 1. The summed E-state index contributed by atoms with van der Waals surface area (Å²) in [5.41, 5.74) is 6.64. The van der Waals surface area contributed by atoms with Crippen molar-refractivity contribution < 1.29 is 4.79 Å². The highest BCUT2D eigenvalue weighted by molar-refractivity contribution is 5.97. The highest BCUT2D eigenvalue weighted by Gasteiger charge is 2.28. The van der Waals surface area contributed by atoms with Crippen LogP contribution in [0, 0.1) is 0 Å². The summed E-state index contributed by atoms with van der Waals surface area (Å²) in [6.45, 7) is 6.50. The molecule has 1 aromatic heterocycles. The van der Waals surface area contributed by atoms with Crippen molar-refractivity contribution in [1.29, 1.82) is 0 Å². The maximum Gasteiger partial charge on any atom is 0.276 e. The monoisotopic (exact) mass is 279 g/mol. The standard InChI is InChI=1S/C14H25N5O/c1-10(2)19-7-5-11(6-8-19)18(4)14(20)13-12(15)9-17(3)16-13/h9-11H,5-8,15H2,1-4H3. The van der Waals surface area contributed by atoms with Crippen LogP contribution in [0.1, 0.15) is 37.2 Å². The molecule has 20 heavy (non-hydrogen) atoms. The van der Waals surface area contributed by atoms with E-state index in [0.717, 1.165) is 25.9 Å². The minimum absolute atomic E-state index is 0.0777. The summed E-state index contributed by atoms with van der Waals surface area (Å²) < 4.78 is 1.58. The molecule has 0 aliphatic carbocycles. The molecule has 0 radical (unpaired) electrons. The normalized spacial score (nSPS) is 17.6. The van der Waals surface area contributed by atoms with Crippen LogP contribution in [0.25, 0.3) is 0 Å². The van der Waals surface area contributed by atoms with Gasteiger partial charge in [0.05, 0.1) is 5.69 Å². The summed E-state index contributed by atoms with van der Waals surface area (Å²) >= 11 is 0. The van der Waals surface area contributed by atoms with Gasteiger partial charge >= 0.3 is 0 Å². The molecule has 2 heterocycles. The number of carbonyl (C=O) groups excluding carboxylic acids is 1. The maximum absolute atomic E-state index is 12.4. The predicted molar refractivity (Wildman–Crippen MR) is 79.4 cm³/mol. The number of anilines is 1. The molecule has 0 spiro atoms. The number of hydrogen-bond donors (Lipinski definition) is 1. The smallest absolute Gasteiger partial charge is 0.276 e. The van der Waals surface area contributed by atoms with Crippen LogP contribution in [-0.4, -0.2) is 57.7 Å². The molecule has 2 N–H and O–H groups in total. The highest BCUT2D eigenvalue weighted by atomic mass is 16.2. The zero-order chi connectivity index (χ0) is 14.9. The maximum atomic E-state index is 12.4.